The van der Waals surface area contributed by atoms with Crippen LogP contribution in [0.3, 0.4) is 0 Å². The van der Waals surface area contributed by atoms with E-state index in [0.29, 0.717) is 6.61 Å². The highest BCUT2D eigenvalue weighted by Gasteiger charge is 1.98. The second kappa shape index (κ2) is 5.86. The molecule has 0 atom stereocenters. The van der Waals surface area contributed by atoms with Crippen molar-refractivity contribution in [3.8, 4) is 5.75 Å². The van der Waals surface area contributed by atoms with Crippen molar-refractivity contribution in [3.63, 3.8) is 0 Å². The van der Waals surface area contributed by atoms with Gasteiger partial charge in [0, 0.05) is 5.75 Å². The summed E-state index contributed by atoms with van der Waals surface area (Å²) < 4.78 is 6.59. The summed E-state index contributed by atoms with van der Waals surface area (Å²) in [6, 6.07) is 8.08. The number of ether oxygens (including phenoxy) is 1. The summed E-state index contributed by atoms with van der Waals surface area (Å²) in [5.41, 5.74) is 2.99. The van der Waals surface area contributed by atoms with Crippen LogP contribution in [0, 0.1) is 6.92 Å². The Hall–Kier alpha value is -1.07. The summed E-state index contributed by atoms with van der Waals surface area (Å²) >= 11 is 3.23. The van der Waals surface area contributed by atoms with Crippen LogP contribution < -0.4 is 4.74 Å². The molecule has 2 aromatic rings. The second-order valence-electron chi connectivity index (χ2n) is 3.21. The standard InChI is InChI=1S/C11H12N2OS2/c1-9-2-4-10(5-3-9)14-6-7-15-11-13-12-8-16-11/h2-5,8H,6-7H2,1H3. The van der Waals surface area contributed by atoms with E-state index in [-0.39, 0.29) is 0 Å². The zero-order chi connectivity index (χ0) is 11.2. The van der Waals surface area contributed by atoms with Gasteiger partial charge in [0.2, 0.25) is 0 Å². The van der Waals surface area contributed by atoms with Crippen molar-refractivity contribution in [1.29, 1.82) is 0 Å². The average Bonchev–Trinajstić information content (AvgIpc) is 2.80. The first-order chi connectivity index (χ1) is 7.84. The van der Waals surface area contributed by atoms with E-state index in [1.807, 2.05) is 24.3 Å². The van der Waals surface area contributed by atoms with E-state index in [1.54, 1.807) is 28.6 Å². The van der Waals surface area contributed by atoms with Crippen LogP contribution in [0.1, 0.15) is 5.56 Å². The lowest BCUT2D eigenvalue weighted by molar-refractivity contribution is 0.344. The molecule has 0 amide bonds. The summed E-state index contributed by atoms with van der Waals surface area (Å²) in [7, 11) is 0. The van der Waals surface area contributed by atoms with Gasteiger partial charge in [0.25, 0.3) is 0 Å². The molecule has 0 unspecified atom stereocenters. The fraction of sp³-hybridized carbons (Fsp3) is 0.273. The highest BCUT2D eigenvalue weighted by Crippen LogP contribution is 2.19. The third-order valence-corrected chi connectivity index (χ3v) is 3.76. The molecule has 5 heteroatoms. The molecule has 0 spiro atoms. The average molecular weight is 252 g/mol. The first-order valence-electron chi connectivity index (χ1n) is 4.93. The second-order valence-corrected chi connectivity index (χ2v) is 5.39. The Balaban J connectivity index is 1.70. The fourth-order valence-electron chi connectivity index (χ4n) is 1.15. The maximum Gasteiger partial charge on any atom is 0.174 e. The molecule has 0 aliphatic heterocycles. The van der Waals surface area contributed by atoms with Crippen LogP contribution in [-0.4, -0.2) is 22.6 Å². The largest absolute Gasteiger partial charge is 0.493 e. The molecule has 0 bridgehead atoms. The molecule has 0 radical (unpaired) electrons. The van der Waals surface area contributed by atoms with Gasteiger partial charge in [-0.05, 0) is 19.1 Å². The van der Waals surface area contributed by atoms with Crippen LogP contribution in [0.15, 0.2) is 34.1 Å². The van der Waals surface area contributed by atoms with E-state index in [4.69, 9.17) is 4.74 Å². The molecular formula is C11H12N2OS2. The lowest BCUT2D eigenvalue weighted by Crippen LogP contribution is -1.99. The Morgan fingerprint density at radius 1 is 1.31 bits per heavy atom. The van der Waals surface area contributed by atoms with Gasteiger partial charge < -0.3 is 4.74 Å². The Morgan fingerprint density at radius 3 is 2.81 bits per heavy atom. The van der Waals surface area contributed by atoms with Gasteiger partial charge in [-0.1, -0.05) is 40.8 Å². The maximum absolute atomic E-state index is 5.59. The molecule has 3 nitrogen and oxygen atoms in total. The fourth-order valence-corrected chi connectivity index (χ4v) is 2.52. The summed E-state index contributed by atoms with van der Waals surface area (Å²) in [6.07, 6.45) is 0. The first kappa shape index (κ1) is 11.4. The lowest BCUT2D eigenvalue weighted by atomic mass is 10.2. The number of nitrogens with zero attached hydrogens (tertiary/aromatic N) is 2. The minimum Gasteiger partial charge on any atom is -0.493 e. The molecule has 2 rings (SSSR count). The summed E-state index contributed by atoms with van der Waals surface area (Å²) in [5, 5.41) is 7.72. The Kier molecular flexibility index (Phi) is 4.18. The predicted molar refractivity (Wildman–Crippen MR) is 67.3 cm³/mol. The highest BCUT2D eigenvalue weighted by molar-refractivity contribution is 8.01. The van der Waals surface area contributed by atoms with E-state index < -0.39 is 0 Å². The van der Waals surface area contributed by atoms with Crippen molar-refractivity contribution in [1.82, 2.24) is 10.2 Å². The monoisotopic (exact) mass is 252 g/mol. The number of aromatic nitrogens is 2. The van der Waals surface area contributed by atoms with E-state index in [2.05, 4.69) is 17.1 Å². The molecular weight excluding hydrogens is 240 g/mol. The number of thioether (sulfide) groups is 1. The van der Waals surface area contributed by atoms with Gasteiger partial charge in [0.1, 0.15) is 11.3 Å². The topological polar surface area (TPSA) is 35.0 Å². The van der Waals surface area contributed by atoms with Crippen molar-refractivity contribution in [3.05, 3.63) is 35.3 Å². The smallest absolute Gasteiger partial charge is 0.174 e. The Bertz CT molecular complexity index is 414. The zero-order valence-electron chi connectivity index (χ0n) is 8.92. The van der Waals surface area contributed by atoms with Gasteiger partial charge in [-0.25, -0.2) is 0 Å². The molecule has 0 aliphatic carbocycles. The predicted octanol–water partition coefficient (Wildman–Crippen LogP) is 3.02. The van der Waals surface area contributed by atoms with Crippen LogP contribution in [0.25, 0.3) is 0 Å². The van der Waals surface area contributed by atoms with Gasteiger partial charge in [0.05, 0.1) is 6.61 Å². The third-order valence-electron chi connectivity index (χ3n) is 1.94. The molecule has 0 N–H and O–H groups in total. The van der Waals surface area contributed by atoms with E-state index in [0.717, 1.165) is 15.8 Å². The van der Waals surface area contributed by atoms with E-state index in [1.165, 1.54) is 5.56 Å². The molecule has 1 heterocycles. The zero-order valence-corrected chi connectivity index (χ0v) is 10.6. The van der Waals surface area contributed by atoms with Crippen LogP contribution >= 0.6 is 23.1 Å². The van der Waals surface area contributed by atoms with Crippen molar-refractivity contribution in [2.45, 2.75) is 11.3 Å². The van der Waals surface area contributed by atoms with Gasteiger partial charge in [-0.3, -0.25) is 0 Å². The normalized spacial score (nSPS) is 10.3. The Labute approximate surface area is 103 Å². The van der Waals surface area contributed by atoms with Gasteiger partial charge in [-0.2, -0.15) is 0 Å². The summed E-state index contributed by atoms with van der Waals surface area (Å²) in [4.78, 5) is 0. The van der Waals surface area contributed by atoms with Crippen molar-refractivity contribution in [2.75, 3.05) is 12.4 Å². The lowest BCUT2D eigenvalue weighted by Gasteiger charge is -2.04. The van der Waals surface area contributed by atoms with E-state index >= 15 is 0 Å². The van der Waals surface area contributed by atoms with Crippen molar-refractivity contribution in [2.24, 2.45) is 0 Å². The molecule has 16 heavy (non-hydrogen) atoms. The van der Waals surface area contributed by atoms with Crippen molar-refractivity contribution < 1.29 is 4.74 Å². The molecule has 0 fully saturated rings. The van der Waals surface area contributed by atoms with Crippen LogP contribution in [0.2, 0.25) is 0 Å². The molecule has 1 aromatic heterocycles. The number of hydrogen-bond donors (Lipinski definition) is 0. The molecule has 84 valence electrons. The first-order valence-corrected chi connectivity index (χ1v) is 6.79. The van der Waals surface area contributed by atoms with E-state index in [9.17, 15) is 0 Å². The molecule has 1 aromatic carbocycles. The number of benzene rings is 1. The maximum atomic E-state index is 5.59. The SMILES string of the molecule is Cc1ccc(OCCSc2nncs2)cc1. The third kappa shape index (κ3) is 3.50. The van der Waals surface area contributed by atoms with Crippen LogP contribution in [0.5, 0.6) is 5.75 Å². The van der Waals surface area contributed by atoms with Gasteiger partial charge in [-0.15, -0.1) is 10.2 Å². The molecule has 0 saturated carbocycles. The van der Waals surface area contributed by atoms with Crippen LogP contribution in [-0.2, 0) is 0 Å². The summed E-state index contributed by atoms with van der Waals surface area (Å²) in [5.74, 6) is 1.81. The number of aryl methyl sites for hydroxylation is 1. The highest BCUT2D eigenvalue weighted by atomic mass is 32.2. The number of rotatable bonds is 5. The summed E-state index contributed by atoms with van der Waals surface area (Å²) in [6.45, 7) is 2.75. The Morgan fingerprint density at radius 2 is 2.12 bits per heavy atom. The van der Waals surface area contributed by atoms with Crippen molar-refractivity contribution >= 4 is 23.1 Å². The van der Waals surface area contributed by atoms with Gasteiger partial charge >= 0.3 is 0 Å². The van der Waals surface area contributed by atoms with Crippen LogP contribution in [0.4, 0.5) is 0 Å². The molecule has 0 aliphatic rings. The molecule has 0 saturated heterocycles. The number of hydrogen-bond acceptors (Lipinski definition) is 5. The minimum atomic E-state index is 0.688. The van der Waals surface area contributed by atoms with Gasteiger partial charge in [0.15, 0.2) is 4.34 Å². The quantitative estimate of drug-likeness (QED) is 0.605. The minimum absolute atomic E-state index is 0.688.